The highest BCUT2D eigenvalue weighted by Crippen LogP contribution is 2.23. The molecule has 0 saturated carbocycles. The van der Waals surface area contributed by atoms with Crippen LogP contribution in [-0.4, -0.2) is 56.7 Å². The highest BCUT2D eigenvalue weighted by atomic mass is 32.2. The molecule has 0 aromatic rings. The number of hydrogen-bond donors (Lipinski definition) is 2. The minimum absolute atomic E-state index is 0.0406. The summed E-state index contributed by atoms with van der Waals surface area (Å²) in [5, 5.41) is 3.34. The monoisotopic (exact) mass is 303 g/mol. The molecular formula is C13H25N3O3S. The molecule has 2 saturated heterocycles. The Balaban J connectivity index is 1.88. The molecule has 0 aromatic heterocycles. The van der Waals surface area contributed by atoms with E-state index in [9.17, 15) is 13.2 Å². The van der Waals surface area contributed by atoms with E-state index >= 15 is 0 Å². The molecule has 0 aromatic carbocycles. The Morgan fingerprint density at radius 1 is 1.30 bits per heavy atom. The van der Waals surface area contributed by atoms with E-state index in [0.717, 1.165) is 25.8 Å². The molecule has 116 valence electrons. The summed E-state index contributed by atoms with van der Waals surface area (Å²) in [7, 11) is -3.16. The molecule has 2 fully saturated rings. The van der Waals surface area contributed by atoms with Gasteiger partial charge in [0.1, 0.15) is 0 Å². The van der Waals surface area contributed by atoms with Crippen molar-refractivity contribution in [1.29, 1.82) is 0 Å². The lowest BCUT2D eigenvalue weighted by molar-refractivity contribution is -0.139. The van der Waals surface area contributed by atoms with E-state index in [1.54, 1.807) is 0 Å². The van der Waals surface area contributed by atoms with Gasteiger partial charge in [-0.1, -0.05) is 0 Å². The molecule has 2 aliphatic heterocycles. The average molecular weight is 303 g/mol. The Kier molecular flexibility index (Phi) is 4.71. The van der Waals surface area contributed by atoms with Crippen LogP contribution in [0, 0.1) is 0 Å². The van der Waals surface area contributed by atoms with Crippen molar-refractivity contribution < 1.29 is 13.2 Å². The summed E-state index contributed by atoms with van der Waals surface area (Å²) >= 11 is 0. The first-order valence-electron chi connectivity index (χ1n) is 7.32. The summed E-state index contributed by atoms with van der Waals surface area (Å²) in [6.45, 7) is 4.14. The number of carbonyl (C=O) groups excluding carboxylic acids is 1. The predicted molar refractivity (Wildman–Crippen MR) is 77.8 cm³/mol. The first-order valence-corrected chi connectivity index (χ1v) is 9.21. The minimum atomic E-state index is -3.16. The molecule has 20 heavy (non-hydrogen) atoms. The first-order chi connectivity index (χ1) is 9.30. The number of nitrogens with one attached hydrogen (secondary N) is 2. The van der Waals surface area contributed by atoms with Gasteiger partial charge in [-0.2, -0.15) is 0 Å². The van der Waals surface area contributed by atoms with Crippen molar-refractivity contribution in [1.82, 2.24) is 14.9 Å². The van der Waals surface area contributed by atoms with Crippen molar-refractivity contribution in [3.05, 3.63) is 0 Å². The summed E-state index contributed by atoms with van der Waals surface area (Å²) in [5.41, 5.74) is -0.435. The van der Waals surface area contributed by atoms with Crippen LogP contribution in [0.25, 0.3) is 0 Å². The van der Waals surface area contributed by atoms with Gasteiger partial charge in [-0.25, -0.2) is 13.1 Å². The van der Waals surface area contributed by atoms with E-state index in [2.05, 4.69) is 10.0 Å². The number of amides is 1. The van der Waals surface area contributed by atoms with Gasteiger partial charge in [-0.15, -0.1) is 0 Å². The Morgan fingerprint density at radius 2 is 1.95 bits per heavy atom. The van der Waals surface area contributed by atoms with Gasteiger partial charge in [0, 0.05) is 19.1 Å². The number of hydrogen-bond acceptors (Lipinski definition) is 4. The quantitative estimate of drug-likeness (QED) is 0.773. The van der Waals surface area contributed by atoms with Gasteiger partial charge in [0.15, 0.2) is 0 Å². The fourth-order valence-corrected chi connectivity index (χ4v) is 3.93. The van der Waals surface area contributed by atoms with Crippen LogP contribution in [0.2, 0.25) is 0 Å². The highest BCUT2D eigenvalue weighted by molar-refractivity contribution is 7.88. The maximum absolute atomic E-state index is 12.6. The zero-order valence-electron chi connectivity index (χ0n) is 12.3. The molecule has 0 aliphatic carbocycles. The van der Waals surface area contributed by atoms with Crippen molar-refractivity contribution in [2.24, 2.45) is 0 Å². The predicted octanol–water partition coefficient (Wildman–Crippen LogP) is 0.0588. The van der Waals surface area contributed by atoms with Gasteiger partial charge < -0.3 is 10.2 Å². The number of nitrogens with zero attached hydrogens (tertiary/aromatic N) is 1. The molecule has 1 amide bonds. The molecule has 6 nitrogen and oxygen atoms in total. The average Bonchev–Trinajstić information content (AvgIpc) is 2.38. The maximum atomic E-state index is 12.6. The van der Waals surface area contributed by atoms with E-state index in [-0.39, 0.29) is 11.9 Å². The van der Waals surface area contributed by atoms with Gasteiger partial charge in [0.05, 0.1) is 11.8 Å². The van der Waals surface area contributed by atoms with Crippen LogP contribution in [0.5, 0.6) is 0 Å². The summed E-state index contributed by atoms with van der Waals surface area (Å²) < 4.78 is 25.0. The third-order valence-corrected chi connectivity index (χ3v) is 5.02. The van der Waals surface area contributed by atoms with Crippen molar-refractivity contribution >= 4 is 15.9 Å². The van der Waals surface area contributed by atoms with Crippen LogP contribution in [-0.2, 0) is 14.8 Å². The normalized spacial score (nSPS) is 29.4. The molecule has 2 heterocycles. The number of piperidine rings is 2. The second-order valence-corrected chi connectivity index (χ2v) is 7.95. The molecule has 7 heteroatoms. The second-order valence-electron chi connectivity index (χ2n) is 6.17. The van der Waals surface area contributed by atoms with Crippen LogP contribution in [0.3, 0.4) is 0 Å². The summed E-state index contributed by atoms with van der Waals surface area (Å²) in [4.78, 5) is 14.5. The molecule has 2 aliphatic rings. The zero-order chi connectivity index (χ0) is 14.8. The van der Waals surface area contributed by atoms with Crippen LogP contribution in [0.15, 0.2) is 0 Å². The molecule has 0 spiro atoms. The number of rotatable bonds is 3. The van der Waals surface area contributed by atoms with Crippen LogP contribution in [0.4, 0.5) is 0 Å². The molecule has 1 unspecified atom stereocenters. The molecule has 0 radical (unpaired) electrons. The Labute approximate surface area is 121 Å². The Hall–Kier alpha value is -0.660. The summed E-state index contributed by atoms with van der Waals surface area (Å²) in [6, 6.07) is -0.0406. The van der Waals surface area contributed by atoms with Gasteiger partial charge in [0.25, 0.3) is 0 Å². The number of likely N-dealkylation sites (tertiary alicyclic amines) is 1. The topological polar surface area (TPSA) is 78.5 Å². The molecular weight excluding hydrogens is 278 g/mol. The van der Waals surface area contributed by atoms with Crippen molar-refractivity contribution in [3.8, 4) is 0 Å². The third-order valence-electron chi connectivity index (χ3n) is 4.25. The van der Waals surface area contributed by atoms with E-state index < -0.39 is 15.6 Å². The Bertz CT molecular complexity index is 449. The van der Waals surface area contributed by atoms with E-state index in [0.29, 0.717) is 25.9 Å². The van der Waals surface area contributed by atoms with E-state index in [4.69, 9.17) is 0 Å². The number of sulfonamides is 1. The Morgan fingerprint density at radius 3 is 2.45 bits per heavy atom. The van der Waals surface area contributed by atoms with Gasteiger partial charge >= 0.3 is 0 Å². The van der Waals surface area contributed by atoms with Crippen LogP contribution >= 0.6 is 0 Å². The van der Waals surface area contributed by atoms with Gasteiger partial charge in [0.2, 0.25) is 15.9 Å². The lowest BCUT2D eigenvalue weighted by Gasteiger charge is -2.40. The van der Waals surface area contributed by atoms with E-state index in [1.807, 2.05) is 11.8 Å². The first kappa shape index (κ1) is 15.7. The van der Waals surface area contributed by atoms with Crippen molar-refractivity contribution in [2.45, 2.75) is 50.6 Å². The van der Waals surface area contributed by atoms with Crippen molar-refractivity contribution in [3.63, 3.8) is 0 Å². The SMILES string of the molecule is CC1(C(=O)N2CCC(NS(C)(=O)=O)CC2)CCCCN1. The fourth-order valence-electron chi connectivity index (χ4n) is 3.09. The van der Waals surface area contributed by atoms with Gasteiger partial charge in [-0.3, -0.25) is 4.79 Å². The lowest BCUT2D eigenvalue weighted by Crippen LogP contribution is -2.60. The molecule has 2 N–H and O–H groups in total. The van der Waals surface area contributed by atoms with Crippen LogP contribution in [0.1, 0.15) is 39.0 Å². The largest absolute Gasteiger partial charge is 0.341 e. The fraction of sp³-hybridized carbons (Fsp3) is 0.923. The molecule has 2 rings (SSSR count). The standard InChI is InChI=1S/C13H25N3O3S/c1-13(7-3-4-8-14-13)12(17)16-9-5-11(6-10-16)15-20(2,18)19/h11,14-15H,3-10H2,1-2H3. The van der Waals surface area contributed by atoms with E-state index in [1.165, 1.54) is 6.26 Å². The molecule has 1 atom stereocenters. The minimum Gasteiger partial charge on any atom is -0.341 e. The maximum Gasteiger partial charge on any atom is 0.242 e. The van der Waals surface area contributed by atoms with Crippen molar-refractivity contribution in [2.75, 3.05) is 25.9 Å². The van der Waals surface area contributed by atoms with Gasteiger partial charge in [-0.05, 0) is 45.6 Å². The highest BCUT2D eigenvalue weighted by Gasteiger charge is 2.38. The number of carbonyl (C=O) groups is 1. The third kappa shape index (κ3) is 3.93. The van der Waals surface area contributed by atoms with Crippen LogP contribution < -0.4 is 10.0 Å². The smallest absolute Gasteiger partial charge is 0.242 e. The zero-order valence-corrected chi connectivity index (χ0v) is 13.1. The summed E-state index contributed by atoms with van der Waals surface area (Å²) in [5.74, 6) is 0.162. The molecule has 0 bridgehead atoms. The lowest BCUT2D eigenvalue weighted by atomic mass is 9.88. The second kappa shape index (κ2) is 5.99. The summed E-state index contributed by atoms with van der Waals surface area (Å²) in [6.07, 6.45) is 5.65.